The zero-order valence-electron chi connectivity index (χ0n) is 9.98. The standard InChI is InChI=1S/C13H10F2N2O2/c1-8-7-9(14)5-6-11(8)16-12-4-2-3-10(15)13(12)17(18)19/h2-7,16H,1H3. The molecule has 0 heterocycles. The Bertz CT molecular complexity index is 645. The van der Waals surface area contributed by atoms with Crippen molar-refractivity contribution in [3.8, 4) is 0 Å². The maximum absolute atomic E-state index is 13.4. The van der Waals surface area contributed by atoms with Crippen molar-refractivity contribution in [2.75, 3.05) is 5.32 Å². The molecule has 0 radical (unpaired) electrons. The van der Waals surface area contributed by atoms with E-state index in [9.17, 15) is 18.9 Å². The van der Waals surface area contributed by atoms with Crippen LogP contribution in [0.1, 0.15) is 5.56 Å². The van der Waals surface area contributed by atoms with Gasteiger partial charge in [0.15, 0.2) is 0 Å². The predicted molar refractivity (Wildman–Crippen MR) is 67.5 cm³/mol. The van der Waals surface area contributed by atoms with Crippen molar-refractivity contribution in [3.05, 3.63) is 63.7 Å². The highest BCUT2D eigenvalue weighted by Crippen LogP contribution is 2.31. The lowest BCUT2D eigenvalue weighted by molar-refractivity contribution is -0.386. The molecule has 0 aromatic heterocycles. The van der Waals surface area contributed by atoms with E-state index in [1.807, 2.05) is 0 Å². The van der Waals surface area contributed by atoms with Crippen molar-refractivity contribution in [3.63, 3.8) is 0 Å². The number of benzene rings is 2. The van der Waals surface area contributed by atoms with E-state index in [1.54, 1.807) is 6.92 Å². The molecule has 2 rings (SSSR count). The molecule has 2 aromatic rings. The van der Waals surface area contributed by atoms with Gasteiger partial charge in [-0.2, -0.15) is 4.39 Å². The Morgan fingerprint density at radius 2 is 1.89 bits per heavy atom. The van der Waals surface area contributed by atoms with Crippen molar-refractivity contribution in [2.45, 2.75) is 6.92 Å². The van der Waals surface area contributed by atoms with Gasteiger partial charge in [-0.05, 0) is 42.8 Å². The maximum Gasteiger partial charge on any atom is 0.327 e. The molecule has 0 fully saturated rings. The van der Waals surface area contributed by atoms with Gasteiger partial charge >= 0.3 is 5.69 Å². The number of hydrogen-bond donors (Lipinski definition) is 1. The molecule has 2 aromatic carbocycles. The zero-order chi connectivity index (χ0) is 14.0. The van der Waals surface area contributed by atoms with E-state index in [0.29, 0.717) is 11.3 Å². The highest BCUT2D eigenvalue weighted by molar-refractivity contribution is 5.71. The van der Waals surface area contributed by atoms with Crippen LogP contribution in [0.5, 0.6) is 0 Å². The summed E-state index contributed by atoms with van der Waals surface area (Å²) in [7, 11) is 0. The minimum absolute atomic E-state index is 0.0275. The minimum Gasteiger partial charge on any atom is -0.350 e. The summed E-state index contributed by atoms with van der Waals surface area (Å²) >= 11 is 0. The van der Waals surface area contributed by atoms with Gasteiger partial charge in [0.1, 0.15) is 11.5 Å². The summed E-state index contributed by atoms with van der Waals surface area (Å²) in [5, 5.41) is 13.6. The average Bonchev–Trinajstić information content (AvgIpc) is 2.32. The number of aryl methyl sites for hydroxylation is 1. The fourth-order valence-corrected chi connectivity index (χ4v) is 1.71. The monoisotopic (exact) mass is 264 g/mol. The first-order valence-corrected chi connectivity index (χ1v) is 5.45. The molecule has 98 valence electrons. The molecule has 19 heavy (non-hydrogen) atoms. The molecule has 1 N–H and O–H groups in total. The van der Waals surface area contributed by atoms with Crippen LogP contribution in [0, 0.1) is 28.7 Å². The van der Waals surface area contributed by atoms with Gasteiger partial charge in [-0.25, -0.2) is 4.39 Å². The normalized spacial score (nSPS) is 10.3. The van der Waals surface area contributed by atoms with Gasteiger partial charge in [-0.1, -0.05) is 6.07 Å². The van der Waals surface area contributed by atoms with E-state index in [1.165, 1.54) is 30.3 Å². The highest BCUT2D eigenvalue weighted by atomic mass is 19.1. The Labute approximate surface area is 107 Å². The van der Waals surface area contributed by atoms with E-state index >= 15 is 0 Å². The van der Waals surface area contributed by atoms with Gasteiger partial charge in [-0.3, -0.25) is 10.1 Å². The predicted octanol–water partition coefficient (Wildman–Crippen LogP) is 3.93. The van der Waals surface area contributed by atoms with E-state index in [-0.39, 0.29) is 5.69 Å². The summed E-state index contributed by atoms with van der Waals surface area (Å²) in [4.78, 5) is 10.0. The smallest absolute Gasteiger partial charge is 0.327 e. The molecule has 0 aliphatic rings. The second-order valence-corrected chi connectivity index (χ2v) is 3.98. The molecule has 0 amide bonds. The van der Waals surface area contributed by atoms with Gasteiger partial charge < -0.3 is 5.32 Å². The number of nitrogens with one attached hydrogen (secondary N) is 1. The number of nitro groups is 1. The second kappa shape index (κ2) is 5.01. The third kappa shape index (κ3) is 2.67. The van der Waals surface area contributed by atoms with E-state index in [4.69, 9.17) is 0 Å². The van der Waals surface area contributed by atoms with E-state index < -0.39 is 22.2 Å². The van der Waals surface area contributed by atoms with Crippen molar-refractivity contribution < 1.29 is 13.7 Å². The van der Waals surface area contributed by atoms with E-state index in [2.05, 4.69) is 5.32 Å². The van der Waals surface area contributed by atoms with Crippen LogP contribution in [-0.4, -0.2) is 4.92 Å². The summed E-state index contributed by atoms with van der Waals surface area (Å²) in [5.41, 5.74) is 0.444. The lowest BCUT2D eigenvalue weighted by atomic mass is 10.1. The molecule has 4 nitrogen and oxygen atoms in total. The topological polar surface area (TPSA) is 55.2 Å². The van der Waals surface area contributed by atoms with Crippen LogP contribution in [0.4, 0.5) is 25.8 Å². The molecule has 0 bridgehead atoms. The number of hydrogen-bond acceptors (Lipinski definition) is 3. The summed E-state index contributed by atoms with van der Waals surface area (Å²) in [5.74, 6) is -1.33. The van der Waals surface area contributed by atoms with Gasteiger partial charge in [0.2, 0.25) is 5.82 Å². The molecule has 0 aliphatic carbocycles. The number of nitrogens with zero attached hydrogens (tertiary/aromatic N) is 1. The Kier molecular flexibility index (Phi) is 3.41. The van der Waals surface area contributed by atoms with Crippen LogP contribution in [0.3, 0.4) is 0 Å². The first-order valence-electron chi connectivity index (χ1n) is 5.45. The summed E-state index contributed by atoms with van der Waals surface area (Å²) < 4.78 is 26.4. The first-order chi connectivity index (χ1) is 8.99. The third-order valence-electron chi connectivity index (χ3n) is 2.63. The fraction of sp³-hybridized carbons (Fsp3) is 0.0769. The quantitative estimate of drug-likeness (QED) is 0.675. The molecule has 0 aliphatic heterocycles. The molecule has 0 saturated carbocycles. The Balaban J connectivity index is 2.44. The number of rotatable bonds is 3. The van der Waals surface area contributed by atoms with Crippen LogP contribution < -0.4 is 5.32 Å². The van der Waals surface area contributed by atoms with Crippen LogP contribution in [0.15, 0.2) is 36.4 Å². The fourth-order valence-electron chi connectivity index (χ4n) is 1.71. The molecular weight excluding hydrogens is 254 g/mol. The molecule has 0 unspecified atom stereocenters. The molecule has 0 atom stereocenters. The summed E-state index contributed by atoms with van der Waals surface area (Å²) in [6, 6.07) is 7.72. The van der Waals surface area contributed by atoms with Crippen molar-refractivity contribution in [1.29, 1.82) is 0 Å². The maximum atomic E-state index is 13.4. The van der Waals surface area contributed by atoms with Gasteiger partial charge in [0.05, 0.1) is 4.92 Å². The number of halogens is 2. The minimum atomic E-state index is -0.922. The zero-order valence-corrected chi connectivity index (χ0v) is 9.98. The van der Waals surface area contributed by atoms with Crippen LogP contribution in [0.2, 0.25) is 0 Å². The van der Waals surface area contributed by atoms with E-state index in [0.717, 1.165) is 6.07 Å². The Hall–Kier alpha value is -2.50. The largest absolute Gasteiger partial charge is 0.350 e. The summed E-state index contributed by atoms with van der Waals surface area (Å²) in [6.45, 7) is 1.65. The molecule has 6 heteroatoms. The van der Waals surface area contributed by atoms with Crippen LogP contribution in [-0.2, 0) is 0 Å². The number of nitro benzene ring substituents is 1. The van der Waals surface area contributed by atoms with Crippen molar-refractivity contribution in [2.24, 2.45) is 0 Å². The Morgan fingerprint density at radius 3 is 2.53 bits per heavy atom. The molecular formula is C13H10F2N2O2. The van der Waals surface area contributed by atoms with Gasteiger partial charge in [-0.15, -0.1) is 0 Å². The lowest BCUT2D eigenvalue weighted by Crippen LogP contribution is -2.00. The molecule has 0 spiro atoms. The average molecular weight is 264 g/mol. The van der Waals surface area contributed by atoms with Crippen molar-refractivity contribution in [1.82, 2.24) is 0 Å². The van der Waals surface area contributed by atoms with Crippen molar-refractivity contribution >= 4 is 17.1 Å². The Morgan fingerprint density at radius 1 is 1.16 bits per heavy atom. The lowest BCUT2D eigenvalue weighted by Gasteiger charge is -2.10. The second-order valence-electron chi connectivity index (χ2n) is 3.98. The number of anilines is 2. The van der Waals surface area contributed by atoms with Crippen LogP contribution >= 0.6 is 0 Å². The van der Waals surface area contributed by atoms with Crippen LogP contribution in [0.25, 0.3) is 0 Å². The van der Waals surface area contributed by atoms with Gasteiger partial charge in [0.25, 0.3) is 0 Å². The highest BCUT2D eigenvalue weighted by Gasteiger charge is 2.20. The molecule has 0 saturated heterocycles. The third-order valence-corrected chi connectivity index (χ3v) is 2.63. The number of para-hydroxylation sites is 1. The summed E-state index contributed by atoms with van der Waals surface area (Å²) in [6.07, 6.45) is 0. The first kappa shape index (κ1) is 12.9. The van der Waals surface area contributed by atoms with Gasteiger partial charge in [0, 0.05) is 5.69 Å². The SMILES string of the molecule is Cc1cc(F)ccc1Nc1cccc(F)c1[N+](=O)[O-].